The fourth-order valence-corrected chi connectivity index (χ4v) is 5.45. The molecule has 1 fully saturated rings. The number of hydrogen-bond donors (Lipinski definition) is 1. The highest BCUT2D eigenvalue weighted by atomic mass is 32.2. The van der Waals surface area contributed by atoms with Crippen LogP contribution in [0.3, 0.4) is 0 Å². The summed E-state index contributed by atoms with van der Waals surface area (Å²) in [7, 11) is -3.48. The molecule has 0 amide bonds. The first kappa shape index (κ1) is 22.9. The molecule has 1 saturated heterocycles. The third-order valence-corrected chi connectivity index (χ3v) is 7.54. The van der Waals surface area contributed by atoms with Gasteiger partial charge in [-0.3, -0.25) is 0 Å². The van der Waals surface area contributed by atoms with Crippen molar-refractivity contribution in [1.82, 2.24) is 14.8 Å². The molecule has 6 nitrogen and oxygen atoms in total. The minimum absolute atomic E-state index is 0.306. The van der Waals surface area contributed by atoms with Crippen LogP contribution in [0.5, 0.6) is 0 Å². The molecular formula is C24H30FN3O3S. The molecule has 1 atom stereocenters. The highest BCUT2D eigenvalue weighted by Gasteiger charge is 2.24. The number of benzene rings is 2. The zero-order chi connectivity index (χ0) is 22.6. The maximum absolute atomic E-state index is 13.3. The fourth-order valence-electron chi connectivity index (χ4n) is 4.33. The fraction of sp³-hybridized carbons (Fsp3) is 0.458. The Bertz CT molecular complexity index is 1150. The van der Waals surface area contributed by atoms with Crippen LogP contribution in [0.4, 0.5) is 4.39 Å². The number of sulfonamides is 1. The third-order valence-electron chi connectivity index (χ3n) is 6.10. The lowest BCUT2D eigenvalue weighted by atomic mass is 10.1. The molecule has 1 N–H and O–H groups in total. The van der Waals surface area contributed by atoms with Crippen LogP contribution < -0.4 is 4.72 Å². The Morgan fingerprint density at radius 2 is 2.00 bits per heavy atom. The standard InChI is InChI=1S/C24H30FN3O3S/c1-2-4-18-6-9-21(10-7-18)32(29,30)26-16-19-12-14-28(17-19)13-3-5-23-22-11-8-20(25)15-24(22)31-27-23/h6-11,15,19,26H,2-5,12-14,16-17H2,1H3. The molecule has 8 heteroatoms. The van der Waals surface area contributed by atoms with Crippen LogP contribution >= 0.6 is 0 Å². The van der Waals surface area contributed by atoms with Crippen LogP contribution in [-0.4, -0.2) is 44.7 Å². The molecule has 32 heavy (non-hydrogen) atoms. The van der Waals surface area contributed by atoms with Gasteiger partial charge in [-0.15, -0.1) is 0 Å². The van der Waals surface area contributed by atoms with E-state index >= 15 is 0 Å². The zero-order valence-electron chi connectivity index (χ0n) is 18.4. The van der Waals surface area contributed by atoms with E-state index in [4.69, 9.17) is 4.52 Å². The van der Waals surface area contributed by atoms with Crippen LogP contribution in [0.25, 0.3) is 11.0 Å². The summed E-state index contributed by atoms with van der Waals surface area (Å²) in [5.74, 6) is -0.0209. The Kier molecular flexibility index (Phi) is 7.23. The summed E-state index contributed by atoms with van der Waals surface area (Å²) in [4.78, 5) is 2.69. The molecule has 1 unspecified atom stereocenters. The monoisotopic (exact) mass is 459 g/mol. The molecule has 0 radical (unpaired) electrons. The molecule has 1 aliphatic rings. The molecule has 172 valence electrons. The van der Waals surface area contributed by atoms with E-state index in [2.05, 4.69) is 21.7 Å². The molecule has 0 bridgehead atoms. The lowest BCUT2D eigenvalue weighted by Gasteiger charge is -2.16. The van der Waals surface area contributed by atoms with Gasteiger partial charge in [-0.1, -0.05) is 30.6 Å². The van der Waals surface area contributed by atoms with Gasteiger partial charge < -0.3 is 9.42 Å². The van der Waals surface area contributed by atoms with Crippen molar-refractivity contribution in [2.24, 2.45) is 5.92 Å². The highest BCUT2D eigenvalue weighted by Crippen LogP contribution is 2.22. The highest BCUT2D eigenvalue weighted by molar-refractivity contribution is 7.89. The molecule has 0 saturated carbocycles. The van der Waals surface area contributed by atoms with Gasteiger partial charge in [0.1, 0.15) is 5.82 Å². The Balaban J connectivity index is 1.22. The van der Waals surface area contributed by atoms with E-state index in [1.54, 1.807) is 18.2 Å². The molecular weight excluding hydrogens is 429 g/mol. The number of nitrogens with one attached hydrogen (secondary N) is 1. The maximum Gasteiger partial charge on any atom is 0.240 e. The smallest absolute Gasteiger partial charge is 0.240 e. The molecule has 1 aromatic heterocycles. The minimum Gasteiger partial charge on any atom is -0.356 e. The lowest BCUT2D eigenvalue weighted by Crippen LogP contribution is -2.31. The zero-order valence-corrected chi connectivity index (χ0v) is 19.2. The summed E-state index contributed by atoms with van der Waals surface area (Å²) < 4.78 is 46.5. The summed E-state index contributed by atoms with van der Waals surface area (Å²) in [6, 6.07) is 11.7. The quantitative estimate of drug-likeness (QED) is 0.493. The topological polar surface area (TPSA) is 75.4 Å². The van der Waals surface area contributed by atoms with Crippen LogP contribution in [-0.2, 0) is 22.9 Å². The summed E-state index contributed by atoms with van der Waals surface area (Å²) in [5, 5.41) is 4.94. The maximum atomic E-state index is 13.3. The molecule has 4 rings (SSSR count). The van der Waals surface area contributed by atoms with E-state index in [-0.39, 0.29) is 5.82 Å². The molecule has 2 heterocycles. The minimum atomic E-state index is -3.48. The number of likely N-dealkylation sites (tertiary alicyclic amines) is 1. The van der Waals surface area contributed by atoms with Crippen molar-refractivity contribution in [3.05, 3.63) is 59.5 Å². The third kappa shape index (κ3) is 5.54. The second-order valence-electron chi connectivity index (χ2n) is 8.57. The molecule has 3 aromatic rings. The van der Waals surface area contributed by atoms with Crippen LogP contribution in [0.1, 0.15) is 37.4 Å². The molecule has 1 aliphatic heterocycles. The van der Waals surface area contributed by atoms with Gasteiger partial charge in [-0.25, -0.2) is 17.5 Å². The number of aryl methyl sites for hydroxylation is 2. The first-order valence-corrected chi connectivity index (χ1v) is 12.8. The Morgan fingerprint density at radius 3 is 2.78 bits per heavy atom. The van der Waals surface area contributed by atoms with E-state index < -0.39 is 10.0 Å². The second kappa shape index (κ2) is 10.1. The SMILES string of the molecule is CCCc1ccc(S(=O)(=O)NCC2CCN(CCCc3noc4cc(F)ccc34)C2)cc1. The average molecular weight is 460 g/mol. The van der Waals surface area contributed by atoms with Crippen molar-refractivity contribution in [2.45, 2.75) is 43.9 Å². The van der Waals surface area contributed by atoms with Gasteiger partial charge in [0.25, 0.3) is 0 Å². The van der Waals surface area contributed by atoms with Crippen LogP contribution in [0, 0.1) is 11.7 Å². The van der Waals surface area contributed by atoms with Crippen molar-refractivity contribution in [2.75, 3.05) is 26.2 Å². The van der Waals surface area contributed by atoms with E-state index in [1.807, 2.05) is 12.1 Å². The lowest BCUT2D eigenvalue weighted by molar-refractivity contribution is 0.318. The van der Waals surface area contributed by atoms with Gasteiger partial charge >= 0.3 is 0 Å². The average Bonchev–Trinajstić information content (AvgIpc) is 3.40. The van der Waals surface area contributed by atoms with Crippen molar-refractivity contribution in [1.29, 1.82) is 0 Å². The van der Waals surface area contributed by atoms with Crippen molar-refractivity contribution in [3.8, 4) is 0 Å². The van der Waals surface area contributed by atoms with Gasteiger partial charge in [0.2, 0.25) is 10.0 Å². The summed E-state index contributed by atoms with van der Waals surface area (Å²) >= 11 is 0. The number of hydrogen-bond acceptors (Lipinski definition) is 5. The van der Waals surface area contributed by atoms with E-state index in [9.17, 15) is 12.8 Å². The van der Waals surface area contributed by atoms with E-state index in [1.165, 1.54) is 12.1 Å². The number of aromatic nitrogens is 1. The predicted molar refractivity (Wildman–Crippen MR) is 122 cm³/mol. The van der Waals surface area contributed by atoms with Gasteiger partial charge in [0.15, 0.2) is 5.58 Å². The summed E-state index contributed by atoms with van der Waals surface area (Å²) in [6.07, 6.45) is 4.65. The van der Waals surface area contributed by atoms with Crippen LogP contribution in [0.2, 0.25) is 0 Å². The molecule has 0 spiro atoms. The first-order valence-electron chi connectivity index (χ1n) is 11.3. The second-order valence-corrected chi connectivity index (χ2v) is 10.3. The van der Waals surface area contributed by atoms with Gasteiger partial charge in [-0.2, -0.15) is 0 Å². The number of rotatable bonds is 10. The van der Waals surface area contributed by atoms with Gasteiger partial charge in [-0.05, 0) is 74.5 Å². The first-order chi connectivity index (χ1) is 15.4. The Morgan fingerprint density at radius 1 is 1.19 bits per heavy atom. The molecule has 0 aliphatic carbocycles. The van der Waals surface area contributed by atoms with Gasteiger partial charge in [0.05, 0.1) is 10.6 Å². The van der Waals surface area contributed by atoms with Crippen molar-refractivity contribution >= 4 is 21.0 Å². The van der Waals surface area contributed by atoms with Gasteiger partial charge in [0, 0.05) is 24.5 Å². The Hall–Kier alpha value is -2.29. The van der Waals surface area contributed by atoms with Crippen molar-refractivity contribution in [3.63, 3.8) is 0 Å². The van der Waals surface area contributed by atoms with Crippen LogP contribution in [0.15, 0.2) is 51.9 Å². The Labute approximate surface area is 188 Å². The largest absolute Gasteiger partial charge is 0.356 e. The number of halogens is 1. The van der Waals surface area contributed by atoms with E-state index in [0.717, 1.165) is 68.4 Å². The summed E-state index contributed by atoms with van der Waals surface area (Å²) in [6.45, 7) is 5.31. The molecule has 2 aromatic carbocycles. The predicted octanol–water partition coefficient (Wildman–Crippen LogP) is 4.15. The number of nitrogens with zero attached hydrogens (tertiary/aromatic N) is 2. The van der Waals surface area contributed by atoms with E-state index in [0.29, 0.717) is 22.9 Å². The summed E-state index contributed by atoms with van der Waals surface area (Å²) in [5.41, 5.74) is 2.49. The number of fused-ring (bicyclic) bond motifs is 1. The normalized spacial score (nSPS) is 17.4. The van der Waals surface area contributed by atoms with Crippen molar-refractivity contribution < 1.29 is 17.3 Å².